The number of carbonyl (C=O) groups is 1. The van der Waals surface area contributed by atoms with Gasteiger partial charge < -0.3 is 16.0 Å². The number of hydrogen-bond acceptors (Lipinski definition) is 2. The lowest BCUT2D eigenvalue weighted by Gasteiger charge is -2.17. The number of nitrogens with zero attached hydrogens (tertiary/aromatic N) is 2. The van der Waals surface area contributed by atoms with E-state index in [-0.39, 0.29) is 5.91 Å². The molecule has 2 rings (SSSR count). The minimum atomic E-state index is 0.0431. The molecule has 0 unspecified atom stereocenters. The van der Waals surface area contributed by atoms with Gasteiger partial charge in [-0.25, -0.2) is 0 Å². The Labute approximate surface area is 163 Å². The number of amides is 1. The van der Waals surface area contributed by atoms with Gasteiger partial charge in [0.05, 0.1) is 6.54 Å². The average Bonchev–Trinajstić information content (AvgIpc) is 2.64. The molecule has 0 aliphatic rings. The molecule has 5 nitrogen and oxygen atoms in total. The van der Waals surface area contributed by atoms with E-state index in [4.69, 9.17) is 5.73 Å². The van der Waals surface area contributed by atoms with Crippen molar-refractivity contribution in [3.05, 3.63) is 70.2 Å². The van der Waals surface area contributed by atoms with Gasteiger partial charge in [0, 0.05) is 31.0 Å². The third-order valence-corrected chi connectivity index (χ3v) is 4.74. The zero-order chi connectivity index (χ0) is 18.8. The summed E-state index contributed by atoms with van der Waals surface area (Å²) in [5.74, 6) is 0.420. The molecule has 0 spiro atoms. The van der Waals surface area contributed by atoms with Crippen molar-refractivity contribution in [3.63, 3.8) is 0 Å². The lowest BCUT2D eigenvalue weighted by Crippen LogP contribution is -2.34. The van der Waals surface area contributed by atoms with Crippen LogP contribution < -0.4 is 11.1 Å². The molecule has 0 fully saturated rings. The molecule has 6 heteroatoms. The molecule has 0 saturated heterocycles. The summed E-state index contributed by atoms with van der Waals surface area (Å²) >= 11 is 3.50. The molecule has 3 N–H and O–H groups in total. The van der Waals surface area contributed by atoms with Crippen molar-refractivity contribution >= 4 is 27.8 Å². The summed E-state index contributed by atoms with van der Waals surface area (Å²) in [4.78, 5) is 18.2. The highest BCUT2D eigenvalue weighted by molar-refractivity contribution is 9.10. The van der Waals surface area contributed by atoms with Gasteiger partial charge in [-0.3, -0.25) is 9.79 Å². The molecule has 0 radical (unpaired) electrons. The first-order valence-corrected chi connectivity index (χ1v) is 9.40. The van der Waals surface area contributed by atoms with E-state index >= 15 is 0 Å². The predicted octanol–water partition coefficient (Wildman–Crippen LogP) is 2.94. The van der Waals surface area contributed by atoms with Crippen molar-refractivity contribution < 1.29 is 4.79 Å². The first kappa shape index (κ1) is 20.0. The quantitative estimate of drug-likeness (QED) is 0.513. The summed E-state index contributed by atoms with van der Waals surface area (Å²) in [6.07, 6.45) is 1.21. The molecule has 26 heavy (non-hydrogen) atoms. The van der Waals surface area contributed by atoms with E-state index < -0.39 is 0 Å². The molecule has 0 saturated carbocycles. The number of halogens is 1. The van der Waals surface area contributed by atoms with E-state index in [1.165, 1.54) is 5.56 Å². The van der Waals surface area contributed by atoms with E-state index in [0.717, 1.165) is 23.0 Å². The Morgan fingerprint density at radius 3 is 2.58 bits per heavy atom. The van der Waals surface area contributed by atoms with Crippen LogP contribution in [0.25, 0.3) is 0 Å². The van der Waals surface area contributed by atoms with E-state index in [0.29, 0.717) is 25.5 Å². The van der Waals surface area contributed by atoms with Crippen LogP contribution in [0.2, 0.25) is 0 Å². The van der Waals surface area contributed by atoms with Gasteiger partial charge in [0.15, 0.2) is 5.96 Å². The smallest absolute Gasteiger partial charge is 0.224 e. The second kappa shape index (κ2) is 10.6. The zero-order valence-electron chi connectivity index (χ0n) is 15.0. The van der Waals surface area contributed by atoms with Gasteiger partial charge in [0.2, 0.25) is 5.91 Å². The number of nitrogens with one attached hydrogen (secondary N) is 1. The molecule has 0 atom stereocenters. The number of rotatable bonds is 8. The average molecular weight is 417 g/mol. The van der Waals surface area contributed by atoms with Gasteiger partial charge in [0.25, 0.3) is 0 Å². The summed E-state index contributed by atoms with van der Waals surface area (Å²) in [5, 5.41) is 3.08. The van der Waals surface area contributed by atoms with Crippen molar-refractivity contribution in [3.8, 4) is 0 Å². The number of guanidine groups is 1. The van der Waals surface area contributed by atoms with Crippen LogP contribution in [0, 0.1) is 0 Å². The standard InChI is InChI=1S/C20H25BrN4O/c1-25(15-17-9-5-6-10-18(17)21)19(26)12-14-24-20(22)23-13-11-16-7-3-2-4-8-16/h2-10H,11-15H2,1H3,(H3,22,23,24). The summed E-state index contributed by atoms with van der Waals surface area (Å²) < 4.78 is 1.00. The molecule has 0 aliphatic heterocycles. The van der Waals surface area contributed by atoms with Crippen molar-refractivity contribution in [2.24, 2.45) is 10.7 Å². The summed E-state index contributed by atoms with van der Waals surface area (Å²) in [6, 6.07) is 18.1. The lowest BCUT2D eigenvalue weighted by atomic mass is 10.1. The van der Waals surface area contributed by atoms with Crippen LogP contribution in [0.3, 0.4) is 0 Å². The number of aliphatic imine (C=N–C) groups is 1. The van der Waals surface area contributed by atoms with Crippen LogP contribution >= 0.6 is 15.9 Å². The van der Waals surface area contributed by atoms with Gasteiger partial charge in [-0.2, -0.15) is 0 Å². The van der Waals surface area contributed by atoms with Crippen LogP contribution in [-0.2, 0) is 17.8 Å². The highest BCUT2D eigenvalue weighted by atomic mass is 79.9. The molecule has 138 valence electrons. The SMILES string of the molecule is CN(Cc1ccccc1Br)C(=O)CCN=C(N)NCCc1ccccc1. The summed E-state index contributed by atoms with van der Waals surface area (Å²) in [6.45, 7) is 1.66. The van der Waals surface area contributed by atoms with Gasteiger partial charge in [-0.15, -0.1) is 0 Å². The predicted molar refractivity (Wildman–Crippen MR) is 110 cm³/mol. The van der Waals surface area contributed by atoms with Gasteiger partial charge >= 0.3 is 0 Å². The van der Waals surface area contributed by atoms with Crippen molar-refractivity contribution in [2.75, 3.05) is 20.1 Å². The second-order valence-corrected chi connectivity index (χ2v) is 6.87. The maximum atomic E-state index is 12.2. The fourth-order valence-corrected chi connectivity index (χ4v) is 2.88. The fourth-order valence-electron chi connectivity index (χ4n) is 2.47. The molecular weight excluding hydrogens is 392 g/mol. The van der Waals surface area contributed by atoms with Crippen molar-refractivity contribution in [2.45, 2.75) is 19.4 Å². The summed E-state index contributed by atoms with van der Waals surface area (Å²) in [7, 11) is 1.80. The van der Waals surface area contributed by atoms with Gasteiger partial charge in [0.1, 0.15) is 0 Å². The first-order valence-electron chi connectivity index (χ1n) is 8.61. The Bertz CT molecular complexity index is 734. The van der Waals surface area contributed by atoms with Crippen molar-refractivity contribution in [1.29, 1.82) is 0 Å². The maximum absolute atomic E-state index is 12.2. The highest BCUT2D eigenvalue weighted by Crippen LogP contribution is 2.17. The van der Waals surface area contributed by atoms with Crippen LogP contribution in [-0.4, -0.2) is 36.9 Å². The fraction of sp³-hybridized carbons (Fsp3) is 0.300. The molecule has 0 heterocycles. The molecule has 0 bridgehead atoms. The third-order valence-electron chi connectivity index (χ3n) is 3.96. The molecule has 1 amide bonds. The van der Waals surface area contributed by atoms with Crippen LogP contribution in [0.5, 0.6) is 0 Å². The van der Waals surface area contributed by atoms with Crippen LogP contribution in [0.4, 0.5) is 0 Å². The molecule has 0 aromatic heterocycles. The Kier molecular flexibility index (Phi) is 8.15. The topological polar surface area (TPSA) is 70.7 Å². The summed E-state index contributed by atoms with van der Waals surface area (Å²) in [5.41, 5.74) is 8.18. The van der Waals surface area contributed by atoms with Crippen LogP contribution in [0.15, 0.2) is 64.1 Å². The monoisotopic (exact) mass is 416 g/mol. The maximum Gasteiger partial charge on any atom is 0.224 e. The zero-order valence-corrected chi connectivity index (χ0v) is 16.6. The molecular formula is C20H25BrN4O. The number of carbonyl (C=O) groups excluding carboxylic acids is 1. The van der Waals surface area contributed by atoms with Crippen LogP contribution in [0.1, 0.15) is 17.5 Å². The Morgan fingerprint density at radius 1 is 1.15 bits per heavy atom. The highest BCUT2D eigenvalue weighted by Gasteiger charge is 2.10. The Morgan fingerprint density at radius 2 is 1.85 bits per heavy atom. The van der Waals surface area contributed by atoms with E-state index in [9.17, 15) is 4.79 Å². The third kappa shape index (κ3) is 6.88. The number of hydrogen-bond donors (Lipinski definition) is 2. The van der Waals surface area contributed by atoms with E-state index in [2.05, 4.69) is 38.4 Å². The minimum Gasteiger partial charge on any atom is -0.370 e. The Balaban J connectivity index is 1.69. The lowest BCUT2D eigenvalue weighted by molar-refractivity contribution is -0.130. The van der Waals surface area contributed by atoms with Gasteiger partial charge in [-0.1, -0.05) is 64.5 Å². The molecule has 0 aliphatic carbocycles. The molecule has 2 aromatic rings. The normalized spacial score (nSPS) is 11.2. The first-order chi connectivity index (χ1) is 12.6. The number of benzene rings is 2. The van der Waals surface area contributed by atoms with E-state index in [1.54, 1.807) is 11.9 Å². The number of nitrogens with two attached hydrogens (primary N) is 1. The van der Waals surface area contributed by atoms with E-state index in [1.807, 2.05) is 42.5 Å². The Hall–Kier alpha value is -2.34. The van der Waals surface area contributed by atoms with Crippen molar-refractivity contribution in [1.82, 2.24) is 10.2 Å². The minimum absolute atomic E-state index is 0.0431. The molecule has 2 aromatic carbocycles. The second-order valence-electron chi connectivity index (χ2n) is 6.02. The largest absolute Gasteiger partial charge is 0.370 e. The van der Waals surface area contributed by atoms with Gasteiger partial charge in [-0.05, 0) is 23.6 Å².